The number of rotatable bonds is 8. The third kappa shape index (κ3) is 13.0. The molecule has 2 heterocycles. The summed E-state index contributed by atoms with van der Waals surface area (Å²) < 4.78 is 8.98. The molecule has 0 saturated carbocycles. The smallest absolute Gasteiger partial charge is 0.0612 e. The quantitative estimate of drug-likeness (QED) is 0.449. The van der Waals surface area contributed by atoms with Crippen molar-refractivity contribution in [3.8, 4) is 0 Å². The van der Waals surface area contributed by atoms with Gasteiger partial charge in [-0.05, 0) is 51.9 Å². The van der Waals surface area contributed by atoms with Gasteiger partial charge in [0, 0.05) is 45.8 Å². The number of likely N-dealkylation sites (tertiary alicyclic amines) is 2. The second kappa shape index (κ2) is 16.8. The standard InChI is InChI=1S/2C8H14NO2.Y/c2*10-8-11-7-6-9-4-2-1-3-5-9;/h2*1-7H2;/q2*-1;. The Bertz CT molecular complexity index is 255. The molecule has 2 aliphatic heterocycles. The van der Waals surface area contributed by atoms with E-state index in [2.05, 4.69) is 19.3 Å². The van der Waals surface area contributed by atoms with Gasteiger partial charge in [-0.15, -0.1) is 0 Å². The number of nitrogens with zero attached hydrogens (tertiary/aromatic N) is 2. The summed E-state index contributed by atoms with van der Waals surface area (Å²) in [7, 11) is 0. The fraction of sp³-hybridized carbons (Fsp3) is 0.875. The van der Waals surface area contributed by atoms with E-state index in [-0.39, 0.29) is 32.7 Å². The minimum Gasteiger partial charge on any atom is -0.652 e. The molecular weight excluding hydrogens is 373 g/mol. The van der Waals surface area contributed by atoms with E-state index in [1.807, 2.05) is 0 Å². The molecule has 6 nitrogen and oxygen atoms in total. The average Bonchev–Trinajstić information content (AvgIpc) is 2.58. The largest absolute Gasteiger partial charge is 0.652 e. The molecule has 131 valence electrons. The van der Waals surface area contributed by atoms with E-state index in [1.54, 1.807) is 0 Å². The van der Waals surface area contributed by atoms with Gasteiger partial charge < -0.3 is 28.9 Å². The molecule has 0 aromatic carbocycles. The van der Waals surface area contributed by atoms with Crippen LogP contribution in [0.4, 0.5) is 0 Å². The van der Waals surface area contributed by atoms with Gasteiger partial charge in [-0.2, -0.15) is 0 Å². The molecule has 0 bridgehead atoms. The zero-order chi connectivity index (χ0) is 15.9. The van der Waals surface area contributed by atoms with E-state index in [9.17, 15) is 9.59 Å². The van der Waals surface area contributed by atoms with E-state index in [1.165, 1.54) is 51.5 Å². The first kappa shape index (κ1) is 23.0. The zero-order valence-corrected chi connectivity index (χ0v) is 16.8. The van der Waals surface area contributed by atoms with Crippen molar-refractivity contribution in [2.24, 2.45) is 0 Å². The summed E-state index contributed by atoms with van der Waals surface area (Å²) in [6.45, 7) is 10.2. The van der Waals surface area contributed by atoms with Crippen LogP contribution < -0.4 is 0 Å². The Morgan fingerprint density at radius 2 is 1.00 bits per heavy atom. The molecule has 2 rings (SSSR count). The van der Waals surface area contributed by atoms with E-state index >= 15 is 0 Å². The summed E-state index contributed by atoms with van der Waals surface area (Å²) >= 11 is 0. The number of hydrogen-bond acceptors (Lipinski definition) is 6. The van der Waals surface area contributed by atoms with Crippen LogP contribution in [0.1, 0.15) is 38.5 Å². The maximum absolute atomic E-state index is 9.68. The maximum atomic E-state index is 9.68. The van der Waals surface area contributed by atoms with Gasteiger partial charge in [0.2, 0.25) is 0 Å². The van der Waals surface area contributed by atoms with Crippen LogP contribution in [0.15, 0.2) is 0 Å². The predicted octanol–water partition coefficient (Wildman–Crippen LogP) is 1.11. The number of carbonyl (C=O) groups excluding carboxylic acids is 2. The molecule has 2 saturated heterocycles. The molecule has 23 heavy (non-hydrogen) atoms. The molecule has 0 aromatic heterocycles. The number of hydrogen-bond donors (Lipinski definition) is 0. The molecule has 0 aliphatic carbocycles. The van der Waals surface area contributed by atoms with Crippen LogP contribution in [-0.4, -0.2) is 75.2 Å². The third-order valence-electron chi connectivity index (χ3n) is 4.03. The van der Waals surface area contributed by atoms with Gasteiger partial charge in [0.25, 0.3) is 0 Å². The Kier molecular flexibility index (Phi) is 16.8. The number of piperidine rings is 2. The van der Waals surface area contributed by atoms with Crippen molar-refractivity contribution in [3.63, 3.8) is 0 Å². The Balaban J connectivity index is 0.000000403. The van der Waals surface area contributed by atoms with Crippen molar-refractivity contribution in [1.82, 2.24) is 9.80 Å². The monoisotopic (exact) mass is 401 g/mol. The van der Waals surface area contributed by atoms with Gasteiger partial charge in [-0.3, -0.25) is 0 Å². The minimum atomic E-state index is 0. The summed E-state index contributed by atoms with van der Waals surface area (Å²) in [6, 6.07) is 0. The van der Waals surface area contributed by atoms with Gasteiger partial charge >= 0.3 is 0 Å². The van der Waals surface area contributed by atoms with Crippen molar-refractivity contribution in [1.29, 1.82) is 0 Å². The Hall–Kier alpha value is -0.0361. The van der Waals surface area contributed by atoms with E-state index in [4.69, 9.17) is 0 Å². The Morgan fingerprint density at radius 3 is 1.30 bits per heavy atom. The van der Waals surface area contributed by atoms with E-state index in [0.717, 1.165) is 39.3 Å². The van der Waals surface area contributed by atoms with Crippen molar-refractivity contribution in [2.75, 3.05) is 52.5 Å². The Morgan fingerprint density at radius 1 is 0.652 bits per heavy atom. The fourth-order valence-corrected chi connectivity index (χ4v) is 2.80. The first-order valence-corrected chi connectivity index (χ1v) is 8.29. The summed E-state index contributed by atoms with van der Waals surface area (Å²) in [4.78, 5) is 24.0. The van der Waals surface area contributed by atoms with Crippen molar-refractivity contribution in [3.05, 3.63) is 0 Å². The minimum absolute atomic E-state index is 0. The molecule has 0 amide bonds. The van der Waals surface area contributed by atoms with Gasteiger partial charge in [-0.25, -0.2) is 0 Å². The SMILES string of the molecule is O=[C-]OCCN1CCCCC1.O=[C-]OCCN1CCCCC1.[Y]. The van der Waals surface area contributed by atoms with E-state index < -0.39 is 0 Å². The van der Waals surface area contributed by atoms with Gasteiger partial charge in [0.1, 0.15) is 0 Å². The third-order valence-corrected chi connectivity index (χ3v) is 4.03. The normalized spacial score (nSPS) is 18.8. The average molecular weight is 401 g/mol. The molecule has 0 aromatic rings. The molecular formula is C16H28N2O4Y-2. The first-order chi connectivity index (χ1) is 10.9. The van der Waals surface area contributed by atoms with Crippen molar-refractivity contribution < 1.29 is 51.8 Å². The van der Waals surface area contributed by atoms with Crippen LogP contribution in [0.2, 0.25) is 0 Å². The molecule has 1 radical (unpaired) electrons. The van der Waals surface area contributed by atoms with Gasteiger partial charge in [0.15, 0.2) is 0 Å². The summed E-state index contributed by atoms with van der Waals surface area (Å²) in [5, 5.41) is 0. The van der Waals surface area contributed by atoms with Crippen LogP contribution >= 0.6 is 0 Å². The van der Waals surface area contributed by atoms with Crippen molar-refractivity contribution >= 4 is 12.9 Å². The molecule has 7 heteroatoms. The molecule has 2 aliphatic rings. The van der Waals surface area contributed by atoms with E-state index in [0.29, 0.717) is 13.2 Å². The predicted molar refractivity (Wildman–Crippen MR) is 83.9 cm³/mol. The Labute approximate surface area is 165 Å². The molecule has 0 spiro atoms. The van der Waals surface area contributed by atoms with Crippen LogP contribution in [0.5, 0.6) is 0 Å². The second-order valence-electron chi connectivity index (χ2n) is 5.67. The van der Waals surface area contributed by atoms with Crippen LogP contribution in [-0.2, 0) is 51.8 Å². The summed E-state index contributed by atoms with van der Waals surface area (Å²) in [5.41, 5.74) is 0. The molecule has 0 unspecified atom stereocenters. The summed E-state index contributed by atoms with van der Waals surface area (Å²) in [6.07, 6.45) is 7.82. The van der Waals surface area contributed by atoms with Gasteiger partial charge in [-0.1, -0.05) is 25.8 Å². The van der Waals surface area contributed by atoms with Crippen molar-refractivity contribution in [2.45, 2.75) is 38.5 Å². The second-order valence-corrected chi connectivity index (χ2v) is 5.67. The zero-order valence-electron chi connectivity index (χ0n) is 14.0. The van der Waals surface area contributed by atoms with Crippen LogP contribution in [0.25, 0.3) is 0 Å². The summed E-state index contributed by atoms with van der Waals surface area (Å²) in [5.74, 6) is 0. The maximum Gasteiger partial charge on any atom is 0.0612 e. The topological polar surface area (TPSA) is 59.1 Å². The number of ether oxygens (including phenoxy) is 2. The molecule has 0 N–H and O–H groups in total. The first-order valence-electron chi connectivity index (χ1n) is 8.29. The molecule has 2 fully saturated rings. The van der Waals surface area contributed by atoms with Crippen LogP contribution in [0.3, 0.4) is 0 Å². The molecule has 0 atom stereocenters. The fourth-order valence-electron chi connectivity index (χ4n) is 2.80. The van der Waals surface area contributed by atoms with Gasteiger partial charge in [0.05, 0.1) is 13.2 Å². The van der Waals surface area contributed by atoms with Crippen LogP contribution in [0, 0.1) is 0 Å².